The van der Waals surface area contributed by atoms with Crippen molar-refractivity contribution in [2.24, 2.45) is 0 Å². The van der Waals surface area contributed by atoms with Crippen LogP contribution in [0.1, 0.15) is 17.5 Å². The number of anilines is 1. The Balaban J connectivity index is 1.97. The number of carbonyl (C=O) groups excluding carboxylic acids is 1. The average Bonchev–Trinajstić information content (AvgIpc) is 2.70. The number of amides is 1. The van der Waals surface area contributed by atoms with Crippen molar-refractivity contribution in [1.29, 1.82) is 0 Å². The van der Waals surface area contributed by atoms with E-state index in [-0.39, 0.29) is 5.91 Å². The lowest BCUT2D eigenvalue weighted by molar-refractivity contribution is -0.142. The Bertz CT molecular complexity index is 399. The number of thiazole rings is 1. The van der Waals surface area contributed by atoms with Crippen LogP contribution in [0.5, 0.6) is 0 Å². The molecule has 17 heavy (non-hydrogen) atoms. The molecule has 94 valence electrons. The van der Waals surface area contributed by atoms with E-state index in [9.17, 15) is 4.79 Å². The molecule has 1 N–H and O–H groups in total. The summed E-state index contributed by atoms with van der Waals surface area (Å²) in [6.07, 6.45) is 0.361. The van der Waals surface area contributed by atoms with E-state index in [1.165, 1.54) is 11.3 Å². The quantitative estimate of drug-likeness (QED) is 0.887. The van der Waals surface area contributed by atoms with Gasteiger partial charge in [0, 0.05) is 4.88 Å². The molecule has 2 rings (SSSR count). The third-order valence-electron chi connectivity index (χ3n) is 2.57. The summed E-state index contributed by atoms with van der Waals surface area (Å²) in [4.78, 5) is 17.3. The maximum atomic E-state index is 11.8. The third-order valence-corrected chi connectivity index (χ3v) is 3.49. The average molecular weight is 256 g/mol. The van der Waals surface area contributed by atoms with Crippen molar-refractivity contribution in [3.05, 3.63) is 10.6 Å². The monoisotopic (exact) mass is 256 g/mol. The van der Waals surface area contributed by atoms with E-state index >= 15 is 0 Å². The molecule has 0 saturated carbocycles. The molecule has 1 fully saturated rings. The maximum Gasteiger partial charge on any atom is 0.257 e. The largest absolute Gasteiger partial charge is 0.376 e. The van der Waals surface area contributed by atoms with Crippen LogP contribution in [0.2, 0.25) is 0 Å². The molecule has 1 atom stereocenters. The van der Waals surface area contributed by atoms with Crippen LogP contribution < -0.4 is 5.32 Å². The number of hydrogen-bond donors (Lipinski definition) is 1. The highest BCUT2D eigenvalue weighted by molar-refractivity contribution is 7.15. The van der Waals surface area contributed by atoms with Gasteiger partial charge >= 0.3 is 0 Å². The van der Waals surface area contributed by atoms with Gasteiger partial charge in [0.1, 0.15) is 0 Å². The summed E-state index contributed by atoms with van der Waals surface area (Å²) in [5.41, 5.74) is 1.03. The molecule has 1 aliphatic rings. The van der Waals surface area contributed by atoms with Crippen LogP contribution in [-0.4, -0.2) is 36.8 Å². The Labute approximate surface area is 104 Å². The molecule has 6 heteroatoms. The van der Waals surface area contributed by atoms with Crippen LogP contribution in [0.4, 0.5) is 5.13 Å². The van der Waals surface area contributed by atoms with E-state index in [1.54, 1.807) is 0 Å². The summed E-state index contributed by atoms with van der Waals surface area (Å²) in [6.45, 7) is 5.39. The molecule has 1 amide bonds. The topological polar surface area (TPSA) is 60.5 Å². The van der Waals surface area contributed by atoms with E-state index in [1.807, 2.05) is 13.8 Å². The predicted octanol–water partition coefficient (Wildman–Crippen LogP) is 1.37. The number of carbonyl (C=O) groups is 1. The molecule has 1 aliphatic heterocycles. The SMILES string of the molecule is CCc1nc(NC(=O)C2COCCO2)sc1C. The van der Waals surface area contributed by atoms with Gasteiger partial charge < -0.3 is 9.47 Å². The molecule has 1 aromatic rings. The minimum absolute atomic E-state index is 0.180. The van der Waals surface area contributed by atoms with Crippen LogP contribution in [0.25, 0.3) is 0 Å². The van der Waals surface area contributed by atoms with Crippen molar-refractivity contribution >= 4 is 22.4 Å². The van der Waals surface area contributed by atoms with Gasteiger partial charge in [0.05, 0.1) is 25.5 Å². The lowest BCUT2D eigenvalue weighted by atomic mass is 10.3. The summed E-state index contributed by atoms with van der Waals surface area (Å²) >= 11 is 1.49. The third kappa shape index (κ3) is 3.02. The normalized spacial score (nSPS) is 20.2. The second-order valence-corrected chi connectivity index (χ2v) is 5.00. The number of aryl methyl sites for hydroxylation is 2. The number of rotatable bonds is 3. The zero-order valence-electron chi connectivity index (χ0n) is 9.99. The minimum atomic E-state index is -0.516. The fourth-order valence-electron chi connectivity index (χ4n) is 1.63. The lowest BCUT2D eigenvalue weighted by Gasteiger charge is -2.21. The second-order valence-electron chi connectivity index (χ2n) is 3.80. The second kappa shape index (κ2) is 5.57. The summed E-state index contributed by atoms with van der Waals surface area (Å²) in [5, 5.41) is 3.41. The van der Waals surface area contributed by atoms with E-state index in [4.69, 9.17) is 9.47 Å². The van der Waals surface area contributed by atoms with E-state index < -0.39 is 6.10 Å². The van der Waals surface area contributed by atoms with Crippen LogP contribution in [0, 0.1) is 6.92 Å². The zero-order valence-corrected chi connectivity index (χ0v) is 10.8. The molecule has 1 saturated heterocycles. The number of nitrogens with zero attached hydrogens (tertiary/aromatic N) is 1. The van der Waals surface area contributed by atoms with Gasteiger partial charge in [0.25, 0.3) is 5.91 Å². The first kappa shape index (κ1) is 12.5. The molecule has 1 unspecified atom stereocenters. The van der Waals surface area contributed by atoms with Gasteiger partial charge in [-0.2, -0.15) is 0 Å². The summed E-state index contributed by atoms with van der Waals surface area (Å²) in [7, 11) is 0. The van der Waals surface area contributed by atoms with Gasteiger partial charge in [-0.05, 0) is 13.3 Å². The molecule has 0 spiro atoms. The Morgan fingerprint density at radius 1 is 1.59 bits per heavy atom. The van der Waals surface area contributed by atoms with E-state index in [0.717, 1.165) is 17.0 Å². The van der Waals surface area contributed by atoms with Gasteiger partial charge in [-0.3, -0.25) is 10.1 Å². The first-order valence-corrected chi connectivity index (χ1v) is 6.49. The van der Waals surface area contributed by atoms with Crippen LogP contribution in [-0.2, 0) is 20.7 Å². The molecule has 0 radical (unpaired) electrons. The number of nitrogens with one attached hydrogen (secondary N) is 1. The van der Waals surface area contributed by atoms with E-state index in [2.05, 4.69) is 10.3 Å². The lowest BCUT2D eigenvalue weighted by Crippen LogP contribution is -2.39. The van der Waals surface area contributed by atoms with Crippen LogP contribution in [0.3, 0.4) is 0 Å². The summed E-state index contributed by atoms with van der Waals surface area (Å²) in [5.74, 6) is -0.180. The van der Waals surface area contributed by atoms with Crippen molar-refractivity contribution < 1.29 is 14.3 Å². The number of aromatic nitrogens is 1. The molecule has 0 aromatic carbocycles. The predicted molar refractivity (Wildman–Crippen MR) is 65.4 cm³/mol. The molecular weight excluding hydrogens is 240 g/mol. The van der Waals surface area contributed by atoms with Crippen LogP contribution in [0.15, 0.2) is 0 Å². The minimum Gasteiger partial charge on any atom is -0.376 e. The van der Waals surface area contributed by atoms with Crippen LogP contribution >= 0.6 is 11.3 Å². The van der Waals surface area contributed by atoms with Crippen molar-refractivity contribution in [3.8, 4) is 0 Å². The Kier molecular flexibility index (Phi) is 4.09. The highest BCUT2D eigenvalue weighted by Crippen LogP contribution is 2.22. The van der Waals surface area contributed by atoms with E-state index in [0.29, 0.717) is 25.0 Å². The fraction of sp³-hybridized carbons (Fsp3) is 0.636. The fourth-order valence-corrected chi connectivity index (χ4v) is 2.54. The first-order chi connectivity index (χ1) is 8.20. The number of ether oxygens (including phenoxy) is 2. The molecule has 2 heterocycles. The smallest absolute Gasteiger partial charge is 0.257 e. The molecule has 1 aromatic heterocycles. The van der Waals surface area contributed by atoms with Gasteiger partial charge in [0.2, 0.25) is 0 Å². The van der Waals surface area contributed by atoms with Gasteiger partial charge in [-0.1, -0.05) is 6.92 Å². The summed E-state index contributed by atoms with van der Waals surface area (Å²) < 4.78 is 10.5. The van der Waals surface area contributed by atoms with Gasteiger partial charge in [-0.15, -0.1) is 11.3 Å². The Morgan fingerprint density at radius 3 is 3.00 bits per heavy atom. The highest BCUT2D eigenvalue weighted by atomic mass is 32.1. The van der Waals surface area contributed by atoms with Crippen molar-refractivity contribution in [2.75, 3.05) is 25.1 Å². The standard InChI is InChI=1S/C11H16N2O3S/c1-3-8-7(2)17-11(12-8)13-10(14)9-6-15-4-5-16-9/h9H,3-6H2,1-2H3,(H,12,13,14). The van der Waals surface area contributed by atoms with Crippen molar-refractivity contribution in [2.45, 2.75) is 26.4 Å². The molecule has 5 nitrogen and oxygen atoms in total. The Morgan fingerprint density at radius 2 is 2.41 bits per heavy atom. The number of hydrogen-bond acceptors (Lipinski definition) is 5. The van der Waals surface area contributed by atoms with Gasteiger partial charge in [0.15, 0.2) is 11.2 Å². The highest BCUT2D eigenvalue weighted by Gasteiger charge is 2.23. The first-order valence-electron chi connectivity index (χ1n) is 5.67. The molecule has 0 aliphatic carbocycles. The Hall–Kier alpha value is -0.980. The van der Waals surface area contributed by atoms with Gasteiger partial charge in [-0.25, -0.2) is 4.98 Å². The molecular formula is C11H16N2O3S. The van der Waals surface area contributed by atoms with Crippen molar-refractivity contribution in [1.82, 2.24) is 4.98 Å². The maximum absolute atomic E-state index is 11.8. The summed E-state index contributed by atoms with van der Waals surface area (Å²) in [6, 6.07) is 0. The van der Waals surface area contributed by atoms with Crippen molar-refractivity contribution in [3.63, 3.8) is 0 Å². The molecule has 0 bridgehead atoms. The zero-order chi connectivity index (χ0) is 12.3.